The third kappa shape index (κ3) is 2.66. The summed E-state index contributed by atoms with van der Waals surface area (Å²) in [6, 6.07) is 0. The van der Waals surface area contributed by atoms with Crippen molar-refractivity contribution in [2.75, 3.05) is 6.54 Å². The van der Waals surface area contributed by atoms with E-state index in [2.05, 4.69) is 4.98 Å². The maximum Gasteiger partial charge on any atom is 0.443 e. The molecule has 3 nitrogen and oxygen atoms in total. The minimum absolute atomic E-state index is 0.0350. The van der Waals surface area contributed by atoms with Crippen LogP contribution in [0.4, 0.5) is 13.2 Å². The molecule has 3 N–H and O–H groups in total. The van der Waals surface area contributed by atoms with Crippen LogP contribution in [-0.2, 0) is 6.18 Å². The van der Waals surface area contributed by atoms with E-state index in [4.69, 9.17) is 5.73 Å². The van der Waals surface area contributed by atoms with Gasteiger partial charge in [0.25, 0.3) is 0 Å². The lowest BCUT2D eigenvalue weighted by molar-refractivity contribution is -0.137. The summed E-state index contributed by atoms with van der Waals surface area (Å²) in [4.78, 5) is 3.29. The zero-order chi connectivity index (χ0) is 10.8. The fourth-order valence-corrected chi connectivity index (χ4v) is 1.61. The van der Waals surface area contributed by atoms with Crippen molar-refractivity contribution in [1.29, 1.82) is 0 Å². The number of halogens is 3. The molecule has 1 aromatic heterocycles. The molecule has 0 bridgehead atoms. The number of alkyl halides is 3. The Morgan fingerprint density at radius 1 is 1.57 bits per heavy atom. The molecule has 0 radical (unpaired) electrons. The van der Waals surface area contributed by atoms with Crippen molar-refractivity contribution in [2.45, 2.75) is 18.7 Å². The number of thiazole rings is 1. The van der Waals surface area contributed by atoms with Gasteiger partial charge in [0.2, 0.25) is 0 Å². The summed E-state index contributed by atoms with van der Waals surface area (Å²) < 4.78 is 36.3. The molecule has 0 aliphatic heterocycles. The van der Waals surface area contributed by atoms with Gasteiger partial charge in [0.15, 0.2) is 5.01 Å². The van der Waals surface area contributed by atoms with Crippen molar-refractivity contribution in [3.63, 3.8) is 0 Å². The molecule has 0 saturated heterocycles. The summed E-state index contributed by atoms with van der Waals surface area (Å²) in [6.45, 7) is 0.208. The average molecular weight is 226 g/mol. The van der Waals surface area contributed by atoms with E-state index in [9.17, 15) is 18.3 Å². The van der Waals surface area contributed by atoms with Crippen LogP contribution >= 0.6 is 11.3 Å². The van der Waals surface area contributed by atoms with Gasteiger partial charge in [-0.3, -0.25) is 0 Å². The van der Waals surface area contributed by atoms with Crippen LogP contribution in [0, 0.1) is 0 Å². The highest BCUT2D eigenvalue weighted by Gasteiger charge is 2.35. The summed E-state index contributed by atoms with van der Waals surface area (Å²) in [5.74, 6) is 0. The fraction of sp³-hybridized carbons (Fsp3) is 0.571. The number of nitrogens with two attached hydrogens (primary N) is 1. The van der Waals surface area contributed by atoms with Crippen molar-refractivity contribution in [2.24, 2.45) is 5.73 Å². The van der Waals surface area contributed by atoms with Crippen LogP contribution in [0.3, 0.4) is 0 Å². The first kappa shape index (κ1) is 11.4. The molecule has 0 amide bonds. The Labute approximate surface area is 82.4 Å². The average Bonchev–Trinajstić information content (AvgIpc) is 2.51. The highest BCUT2D eigenvalue weighted by molar-refractivity contribution is 7.09. The predicted octanol–water partition coefficient (Wildman–Crippen LogP) is 1.54. The Morgan fingerprint density at radius 2 is 2.21 bits per heavy atom. The Hall–Kier alpha value is -0.660. The van der Waals surface area contributed by atoms with Crippen LogP contribution in [0.5, 0.6) is 0 Å². The number of aromatic nitrogens is 1. The van der Waals surface area contributed by atoms with Crippen molar-refractivity contribution in [3.05, 3.63) is 16.1 Å². The lowest BCUT2D eigenvalue weighted by Crippen LogP contribution is -2.08. The molecule has 0 aliphatic carbocycles. The van der Waals surface area contributed by atoms with E-state index in [-0.39, 0.29) is 18.7 Å². The van der Waals surface area contributed by atoms with E-state index in [0.29, 0.717) is 11.3 Å². The van der Waals surface area contributed by atoms with Gasteiger partial charge >= 0.3 is 6.18 Å². The third-order valence-electron chi connectivity index (χ3n) is 1.55. The van der Waals surface area contributed by atoms with Gasteiger partial charge in [0.05, 0.1) is 11.8 Å². The second kappa shape index (κ2) is 4.24. The van der Waals surface area contributed by atoms with E-state index < -0.39 is 17.3 Å². The molecule has 0 aliphatic rings. The Bertz CT molecular complexity index is 299. The first-order valence-electron chi connectivity index (χ1n) is 3.86. The summed E-state index contributed by atoms with van der Waals surface area (Å²) in [5.41, 5.74) is 5.19. The van der Waals surface area contributed by atoms with Gasteiger partial charge in [-0.15, -0.1) is 11.3 Å². The van der Waals surface area contributed by atoms with E-state index in [1.54, 1.807) is 0 Å². The monoisotopic (exact) mass is 226 g/mol. The Morgan fingerprint density at radius 3 is 2.64 bits per heavy atom. The highest BCUT2D eigenvalue weighted by atomic mass is 32.1. The molecule has 1 rings (SSSR count). The topological polar surface area (TPSA) is 59.1 Å². The molecular formula is C7H9F3N2OS. The van der Waals surface area contributed by atoms with Gasteiger partial charge in [0, 0.05) is 5.38 Å². The molecule has 80 valence electrons. The van der Waals surface area contributed by atoms with Crippen LogP contribution in [0.1, 0.15) is 23.2 Å². The Kier molecular flexibility index (Phi) is 3.46. The van der Waals surface area contributed by atoms with Crippen molar-refractivity contribution in [3.8, 4) is 0 Å². The number of aliphatic hydroxyl groups excluding tert-OH is 1. The molecule has 0 aromatic carbocycles. The normalized spacial score (nSPS) is 14.4. The van der Waals surface area contributed by atoms with Crippen molar-refractivity contribution < 1.29 is 18.3 Å². The third-order valence-corrected chi connectivity index (χ3v) is 2.45. The molecule has 1 atom stereocenters. The van der Waals surface area contributed by atoms with Gasteiger partial charge < -0.3 is 10.8 Å². The Balaban J connectivity index is 2.78. The molecular weight excluding hydrogens is 217 g/mol. The zero-order valence-corrected chi connectivity index (χ0v) is 7.90. The maximum absolute atomic E-state index is 12.1. The summed E-state index contributed by atoms with van der Waals surface area (Å²) >= 11 is 0.474. The summed E-state index contributed by atoms with van der Waals surface area (Å²) in [7, 11) is 0. The second-order valence-electron chi connectivity index (χ2n) is 2.67. The second-order valence-corrected chi connectivity index (χ2v) is 3.53. The molecule has 7 heteroatoms. The fourth-order valence-electron chi connectivity index (χ4n) is 0.875. The first-order chi connectivity index (χ1) is 6.45. The predicted molar refractivity (Wildman–Crippen MR) is 45.7 cm³/mol. The van der Waals surface area contributed by atoms with Gasteiger partial charge in [0.1, 0.15) is 0 Å². The quantitative estimate of drug-likeness (QED) is 0.822. The standard InChI is InChI=1S/C7H9F3N2OS/c8-7(9,10)6-12-4(3-14-6)5(13)1-2-11/h3,5,13H,1-2,11H2. The number of hydrogen-bond acceptors (Lipinski definition) is 4. The largest absolute Gasteiger partial charge is 0.443 e. The van der Waals surface area contributed by atoms with Gasteiger partial charge in [-0.05, 0) is 13.0 Å². The van der Waals surface area contributed by atoms with Crippen molar-refractivity contribution in [1.82, 2.24) is 4.98 Å². The summed E-state index contributed by atoms with van der Waals surface area (Å²) in [5, 5.41) is 9.55. The van der Waals surface area contributed by atoms with E-state index in [1.165, 1.54) is 5.38 Å². The van der Waals surface area contributed by atoms with Crippen molar-refractivity contribution >= 4 is 11.3 Å². The number of rotatable bonds is 3. The summed E-state index contributed by atoms with van der Waals surface area (Å²) in [6.07, 6.45) is -5.24. The SMILES string of the molecule is NCCC(O)c1csc(C(F)(F)F)n1. The van der Waals surface area contributed by atoms with E-state index in [1.807, 2.05) is 0 Å². The minimum Gasteiger partial charge on any atom is -0.387 e. The number of nitrogens with zero attached hydrogens (tertiary/aromatic N) is 1. The highest BCUT2D eigenvalue weighted by Crippen LogP contribution is 2.33. The van der Waals surface area contributed by atoms with Crippen LogP contribution in [-0.4, -0.2) is 16.6 Å². The molecule has 0 spiro atoms. The molecule has 0 saturated carbocycles. The minimum atomic E-state index is -4.44. The van der Waals surface area contributed by atoms with E-state index in [0.717, 1.165) is 0 Å². The van der Waals surface area contributed by atoms with Gasteiger partial charge in [-0.1, -0.05) is 0 Å². The lowest BCUT2D eigenvalue weighted by Gasteiger charge is -2.04. The maximum atomic E-state index is 12.1. The zero-order valence-electron chi connectivity index (χ0n) is 7.08. The van der Waals surface area contributed by atoms with Crippen LogP contribution in [0.25, 0.3) is 0 Å². The number of hydrogen-bond donors (Lipinski definition) is 2. The molecule has 1 heterocycles. The van der Waals surface area contributed by atoms with Crippen LogP contribution in [0.15, 0.2) is 5.38 Å². The smallest absolute Gasteiger partial charge is 0.387 e. The lowest BCUT2D eigenvalue weighted by atomic mass is 10.2. The van der Waals surface area contributed by atoms with Crippen LogP contribution < -0.4 is 5.73 Å². The molecule has 1 aromatic rings. The number of aliphatic hydroxyl groups is 1. The molecule has 14 heavy (non-hydrogen) atoms. The molecule has 0 fully saturated rings. The van der Waals surface area contributed by atoms with Gasteiger partial charge in [-0.2, -0.15) is 13.2 Å². The first-order valence-corrected chi connectivity index (χ1v) is 4.74. The van der Waals surface area contributed by atoms with Crippen LogP contribution in [0.2, 0.25) is 0 Å². The molecule has 1 unspecified atom stereocenters. The van der Waals surface area contributed by atoms with E-state index >= 15 is 0 Å². The van der Waals surface area contributed by atoms with Gasteiger partial charge in [-0.25, -0.2) is 4.98 Å².